The summed E-state index contributed by atoms with van der Waals surface area (Å²) in [6.07, 6.45) is 3.00. The zero-order valence-corrected chi connectivity index (χ0v) is 11.6. The fraction of sp³-hybridized carbons (Fsp3) is 0.462. The summed E-state index contributed by atoms with van der Waals surface area (Å²) >= 11 is 0. The number of aliphatic hydroxyl groups is 1. The van der Waals surface area contributed by atoms with Crippen molar-refractivity contribution in [3.8, 4) is 0 Å². The van der Waals surface area contributed by atoms with Gasteiger partial charge in [0, 0.05) is 24.4 Å². The average molecular weight is 283 g/mol. The smallest absolute Gasteiger partial charge is 0.254 e. The Morgan fingerprint density at radius 2 is 2.11 bits per heavy atom. The van der Waals surface area contributed by atoms with Crippen LogP contribution in [0.1, 0.15) is 23.2 Å². The first-order valence-electron chi connectivity index (χ1n) is 6.15. The van der Waals surface area contributed by atoms with Crippen LogP contribution in [0.15, 0.2) is 29.2 Å². The molecule has 6 heteroatoms. The van der Waals surface area contributed by atoms with E-state index >= 15 is 0 Å². The van der Waals surface area contributed by atoms with Crippen LogP contribution in [0.4, 0.5) is 0 Å². The molecule has 104 valence electrons. The minimum atomic E-state index is -3.32. The Morgan fingerprint density at radius 1 is 1.42 bits per heavy atom. The number of carbonyl (C=O) groups is 1. The minimum absolute atomic E-state index is 0.0893. The van der Waals surface area contributed by atoms with E-state index in [4.69, 9.17) is 5.11 Å². The molecule has 1 amide bonds. The van der Waals surface area contributed by atoms with Crippen LogP contribution in [0.2, 0.25) is 0 Å². The van der Waals surface area contributed by atoms with E-state index in [2.05, 4.69) is 0 Å². The molecule has 1 saturated carbocycles. The third-order valence-electron chi connectivity index (χ3n) is 3.10. The van der Waals surface area contributed by atoms with Gasteiger partial charge in [-0.15, -0.1) is 0 Å². The first-order chi connectivity index (χ1) is 8.93. The Bertz CT molecular complexity index is 578. The predicted molar refractivity (Wildman–Crippen MR) is 70.7 cm³/mol. The van der Waals surface area contributed by atoms with Crippen molar-refractivity contribution in [2.45, 2.75) is 23.8 Å². The highest BCUT2D eigenvalue weighted by atomic mass is 32.2. The van der Waals surface area contributed by atoms with Crippen LogP contribution < -0.4 is 0 Å². The molecule has 1 aromatic carbocycles. The van der Waals surface area contributed by atoms with Crippen LogP contribution in [0.3, 0.4) is 0 Å². The molecule has 2 rings (SSSR count). The lowest BCUT2D eigenvalue weighted by Gasteiger charge is -2.21. The molecule has 1 aliphatic carbocycles. The van der Waals surface area contributed by atoms with Gasteiger partial charge >= 0.3 is 0 Å². The second-order valence-electron chi connectivity index (χ2n) is 4.75. The number of nitrogens with zero attached hydrogens (tertiary/aromatic N) is 1. The van der Waals surface area contributed by atoms with Crippen molar-refractivity contribution in [2.75, 3.05) is 19.4 Å². The van der Waals surface area contributed by atoms with Crippen molar-refractivity contribution in [3.05, 3.63) is 29.8 Å². The molecule has 0 bridgehead atoms. The maximum Gasteiger partial charge on any atom is 0.254 e. The van der Waals surface area contributed by atoms with E-state index < -0.39 is 9.84 Å². The van der Waals surface area contributed by atoms with Crippen LogP contribution in [0.5, 0.6) is 0 Å². The molecule has 19 heavy (non-hydrogen) atoms. The molecular weight excluding hydrogens is 266 g/mol. The van der Waals surface area contributed by atoms with Crippen LogP contribution in [-0.2, 0) is 9.84 Å². The van der Waals surface area contributed by atoms with Gasteiger partial charge in [-0.05, 0) is 31.0 Å². The molecule has 1 aliphatic rings. The number of rotatable bonds is 5. The van der Waals surface area contributed by atoms with E-state index in [1.807, 2.05) is 0 Å². The van der Waals surface area contributed by atoms with Crippen molar-refractivity contribution in [1.82, 2.24) is 4.90 Å². The Hall–Kier alpha value is -1.40. The summed E-state index contributed by atoms with van der Waals surface area (Å²) in [6, 6.07) is 6.21. The molecule has 0 spiro atoms. The zero-order chi connectivity index (χ0) is 14.0. The molecule has 1 aromatic rings. The van der Waals surface area contributed by atoms with Crippen LogP contribution in [-0.4, -0.2) is 49.8 Å². The molecule has 0 atom stereocenters. The number of amides is 1. The molecule has 1 fully saturated rings. The van der Waals surface area contributed by atoms with Gasteiger partial charge in [0.1, 0.15) is 0 Å². The Kier molecular flexibility index (Phi) is 3.91. The summed E-state index contributed by atoms with van der Waals surface area (Å²) in [5, 5.41) is 9.00. The highest BCUT2D eigenvalue weighted by Gasteiger charge is 2.32. The monoisotopic (exact) mass is 283 g/mol. The number of aliphatic hydroxyl groups excluding tert-OH is 1. The van der Waals surface area contributed by atoms with E-state index in [1.54, 1.807) is 17.0 Å². The second kappa shape index (κ2) is 5.30. The first-order valence-corrected chi connectivity index (χ1v) is 8.04. The third-order valence-corrected chi connectivity index (χ3v) is 4.21. The number of hydrogen-bond donors (Lipinski definition) is 1. The van der Waals surface area contributed by atoms with Gasteiger partial charge in [-0.3, -0.25) is 4.79 Å². The molecule has 0 saturated heterocycles. The molecule has 0 heterocycles. The molecule has 0 radical (unpaired) electrons. The van der Waals surface area contributed by atoms with Gasteiger partial charge in [0.2, 0.25) is 0 Å². The lowest BCUT2D eigenvalue weighted by atomic mass is 10.2. The van der Waals surface area contributed by atoms with Gasteiger partial charge in [-0.2, -0.15) is 0 Å². The summed E-state index contributed by atoms with van der Waals surface area (Å²) in [6.45, 7) is 0.195. The zero-order valence-electron chi connectivity index (χ0n) is 10.7. The van der Waals surface area contributed by atoms with Gasteiger partial charge in [0.25, 0.3) is 5.91 Å². The van der Waals surface area contributed by atoms with Crippen molar-refractivity contribution >= 4 is 15.7 Å². The van der Waals surface area contributed by atoms with Crippen LogP contribution >= 0.6 is 0 Å². The summed E-state index contributed by atoms with van der Waals surface area (Å²) in [4.78, 5) is 14.1. The minimum Gasteiger partial charge on any atom is -0.395 e. The fourth-order valence-electron chi connectivity index (χ4n) is 1.97. The highest BCUT2D eigenvalue weighted by Crippen LogP contribution is 2.28. The topological polar surface area (TPSA) is 74.7 Å². The summed E-state index contributed by atoms with van der Waals surface area (Å²) in [5.74, 6) is -0.220. The largest absolute Gasteiger partial charge is 0.395 e. The van der Waals surface area contributed by atoms with Gasteiger partial charge < -0.3 is 10.0 Å². The predicted octanol–water partition coefficient (Wildman–Crippen LogP) is 0.687. The van der Waals surface area contributed by atoms with Crippen LogP contribution in [0, 0.1) is 0 Å². The van der Waals surface area contributed by atoms with Gasteiger partial charge in [-0.1, -0.05) is 6.07 Å². The average Bonchev–Trinajstić information content (AvgIpc) is 3.18. The Labute approximate surface area is 112 Å². The van der Waals surface area contributed by atoms with Crippen LogP contribution in [0.25, 0.3) is 0 Å². The van der Waals surface area contributed by atoms with Crippen molar-refractivity contribution in [3.63, 3.8) is 0 Å². The SMILES string of the molecule is CS(=O)(=O)c1cccc(C(=O)N(CCO)C2CC2)c1. The Balaban J connectivity index is 2.27. The van der Waals surface area contributed by atoms with E-state index in [-0.39, 0.29) is 30.0 Å². The fourth-order valence-corrected chi connectivity index (χ4v) is 2.64. The number of hydrogen-bond acceptors (Lipinski definition) is 4. The van der Waals surface area contributed by atoms with Gasteiger partial charge in [-0.25, -0.2) is 8.42 Å². The molecule has 0 aromatic heterocycles. The first kappa shape index (κ1) is 14.0. The number of carbonyl (C=O) groups excluding carboxylic acids is 1. The van der Waals surface area contributed by atoms with E-state index in [1.165, 1.54) is 12.1 Å². The van der Waals surface area contributed by atoms with Crippen molar-refractivity contribution < 1.29 is 18.3 Å². The normalized spacial score (nSPS) is 15.3. The van der Waals surface area contributed by atoms with Crippen molar-refractivity contribution in [1.29, 1.82) is 0 Å². The van der Waals surface area contributed by atoms with Gasteiger partial charge in [0.05, 0.1) is 11.5 Å². The van der Waals surface area contributed by atoms with Gasteiger partial charge in [0.15, 0.2) is 9.84 Å². The molecule has 0 aliphatic heterocycles. The van der Waals surface area contributed by atoms with E-state index in [9.17, 15) is 13.2 Å². The lowest BCUT2D eigenvalue weighted by Crippen LogP contribution is -2.35. The maximum atomic E-state index is 12.3. The molecule has 0 unspecified atom stereocenters. The maximum absolute atomic E-state index is 12.3. The lowest BCUT2D eigenvalue weighted by molar-refractivity contribution is 0.0707. The summed E-state index contributed by atoms with van der Waals surface area (Å²) < 4.78 is 23.0. The molecular formula is C13H17NO4S. The highest BCUT2D eigenvalue weighted by molar-refractivity contribution is 7.90. The quantitative estimate of drug-likeness (QED) is 0.862. The summed E-state index contributed by atoms with van der Waals surface area (Å²) in [7, 11) is -3.32. The molecule has 5 nitrogen and oxygen atoms in total. The summed E-state index contributed by atoms with van der Waals surface area (Å²) in [5.41, 5.74) is 0.350. The van der Waals surface area contributed by atoms with E-state index in [0.717, 1.165) is 19.1 Å². The number of benzene rings is 1. The van der Waals surface area contributed by atoms with Crippen molar-refractivity contribution in [2.24, 2.45) is 0 Å². The number of sulfone groups is 1. The second-order valence-corrected chi connectivity index (χ2v) is 6.77. The standard InChI is InChI=1S/C13H17NO4S/c1-19(17,18)12-4-2-3-10(9-12)13(16)14(7-8-15)11-5-6-11/h2-4,9,11,15H,5-8H2,1H3. The van der Waals surface area contributed by atoms with E-state index in [0.29, 0.717) is 5.56 Å². The molecule has 1 N–H and O–H groups in total. The Morgan fingerprint density at radius 3 is 2.63 bits per heavy atom. The third kappa shape index (κ3) is 3.33.